The quantitative estimate of drug-likeness (QED) is 0.678. The summed E-state index contributed by atoms with van der Waals surface area (Å²) in [5.74, 6) is 0. The van der Waals surface area contributed by atoms with Crippen molar-refractivity contribution in [1.29, 1.82) is 0 Å². The summed E-state index contributed by atoms with van der Waals surface area (Å²) in [7, 11) is 4.23. The van der Waals surface area contributed by atoms with Crippen LogP contribution >= 0.6 is 0 Å². The summed E-state index contributed by atoms with van der Waals surface area (Å²) in [6.45, 7) is 3.74. The Morgan fingerprint density at radius 2 is 1.77 bits per heavy atom. The molecular weight excluding hydrogens is 322 g/mol. The number of likely N-dealkylation sites (N-methyl/N-ethyl adjacent to an activating group) is 1. The molecule has 0 aliphatic heterocycles. The maximum atomic E-state index is 4.55. The van der Waals surface area contributed by atoms with E-state index in [4.69, 9.17) is 0 Å². The molecule has 0 aliphatic carbocycles. The van der Waals surface area contributed by atoms with Gasteiger partial charge in [0.2, 0.25) is 0 Å². The zero-order valence-electron chi connectivity index (χ0n) is 15.8. The lowest BCUT2D eigenvalue weighted by atomic mass is 10.0. The maximum Gasteiger partial charge on any atom is 0.0969 e. The first-order valence-corrected chi connectivity index (χ1v) is 9.10. The molecule has 136 valence electrons. The fourth-order valence-electron chi connectivity index (χ4n) is 2.97. The Hall–Kier alpha value is -2.50. The first kappa shape index (κ1) is 18.3. The van der Waals surface area contributed by atoms with Gasteiger partial charge in [0, 0.05) is 19.1 Å². The van der Waals surface area contributed by atoms with E-state index in [-0.39, 0.29) is 0 Å². The van der Waals surface area contributed by atoms with Gasteiger partial charge in [-0.25, -0.2) is 0 Å². The van der Waals surface area contributed by atoms with Gasteiger partial charge in [-0.2, -0.15) is 15.0 Å². The number of rotatable bonds is 8. The SMILES string of the molecule is CCc1ccc(C(CNCc2cnn(-c3ccccc3)n2)N(C)C)cc1. The Morgan fingerprint density at radius 3 is 2.42 bits per heavy atom. The lowest BCUT2D eigenvalue weighted by molar-refractivity contribution is 0.288. The van der Waals surface area contributed by atoms with Crippen LogP contribution in [0.25, 0.3) is 5.69 Å². The van der Waals surface area contributed by atoms with Gasteiger partial charge in [-0.15, -0.1) is 0 Å². The van der Waals surface area contributed by atoms with E-state index in [2.05, 4.69) is 65.7 Å². The lowest BCUT2D eigenvalue weighted by Crippen LogP contribution is -2.31. The van der Waals surface area contributed by atoms with Gasteiger partial charge in [-0.05, 0) is 43.8 Å². The van der Waals surface area contributed by atoms with Gasteiger partial charge in [0.1, 0.15) is 0 Å². The van der Waals surface area contributed by atoms with Crippen LogP contribution in [-0.4, -0.2) is 40.5 Å². The molecule has 0 aliphatic rings. The highest BCUT2D eigenvalue weighted by atomic mass is 15.5. The third kappa shape index (κ3) is 4.56. The van der Waals surface area contributed by atoms with Crippen molar-refractivity contribution in [2.45, 2.75) is 25.9 Å². The lowest BCUT2D eigenvalue weighted by Gasteiger charge is -2.25. The molecule has 0 fully saturated rings. The van der Waals surface area contributed by atoms with E-state index in [1.165, 1.54) is 11.1 Å². The smallest absolute Gasteiger partial charge is 0.0969 e. The van der Waals surface area contributed by atoms with Crippen LogP contribution in [0.3, 0.4) is 0 Å². The van der Waals surface area contributed by atoms with Gasteiger partial charge in [0.25, 0.3) is 0 Å². The van der Waals surface area contributed by atoms with Crippen molar-refractivity contribution < 1.29 is 0 Å². The first-order valence-electron chi connectivity index (χ1n) is 9.10. The highest BCUT2D eigenvalue weighted by Gasteiger charge is 2.14. The Morgan fingerprint density at radius 1 is 1.04 bits per heavy atom. The summed E-state index contributed by atoms with van der Waals surface area (Å²) in [5.41, 5.74) is 4.61. The number of aryl methyl sites for hydroxylation is 1. The molecule has 0 radical (unpaired) electrons. The molecule has 1 heterocycles. The van der Waals surface area contributed by atoms with Crippen LogP contribution in [0.1, 0.15) is 29.8 Å². The largest absolute Gasteiger partial charge is 0.309 e. The third-order valence-electron chi connectivity index (χ3n) is 4.57. The molecule has 2 aromatic carbocycles. The molecule has 0 spiro atoms. The Kier molecular flexibility index (Phi) is 6.15. The summed E-state index contributed by atoms with van der Waals surface area (Å²) in [6.07, 6.45) is 2.89. The average Bonchev–Trinajstić information content (AvgIpc) is 3.15. The number of para-hydroxylation sites is 1. The summed E-state index contributed by atoms with van der Waals surface area (Å²) in [6, 6.07) is 19.2. The molecular formula is C21H27N5. The minimum Gasteiger partial charge on any atom is -0.309 e. The number of benzene rings is 2. The van der Waals surface area contributed by atoms with Crippen molar-refractivity contribution in [3.8, 4) is 5.69 Å². The van der Waals surface area contributed by atoms with Crippen LogP contribution in [-0.2, 0) is 13.0 Å². The van der Waals surface area contributed by atoms with Crippen molar-refractivity contribution in [2.75, 3.05) is 20.6 Å². The van der Waals surface area contributed by atoms with E-state index in [9.17, 15) is 0 Å². The van der Waals surface area contributed by atoms with Gasteiger partial charge < -0.3 is 10.2 Å². The van der Waals surface area contributed by atoms with E-state index in [0.717, 1.165) is 24.3 Å². The van der Waals surface area contributed by atoms with Crippen LogP contribution in [0.2, 0.25) is 0 Å². The Labute approximate surface area is 155 Å². The van der Waals surface area contributed by atoms with Gasteiger partial charge in [-0.1, -0.05) is 49.4 Å². The molecule has 0 saturated carbocycles. The zero-order valence-corrected chi connectivity index (χ0v) is 15.8. The number of nitrogens with one attached hydrogen (secondary N) is 1. The topological polar surface area (TPSA) is 46.0 Å². The second-order valence-corrected chi connectivity index (χ2v) is 6.67. The summed E-state index contributed by atoms with van der Waals surface area (Å²) in [4.78, 5) is 3.92. The molecule has 3 aromatic rings. The van der Waals surface area contributed by atoms with Crippen LogP contribution in [0.4, 0.5) is 0 Å². The Balaban J connectivity index is 1.59. The van der Waals surface area contributed by atoms with Crippen molar-refractivity contribution in [3.05, 3.63) is 77.6 Å². The molecule has 5 nitrogen and oxygen atoms in total. The fourth-order valence-corrected chi connectivity index (χ4v) is 2.97. The Bertz CT molecular complexity index is 793. The predicted molar refractivity (Wildman–Crippen MR) is 105 cm³/mol. The number of hydrogen-bond acceptors (Lipinski definition) is 4. The second kappa shape index (κ2) is 8.74. The molecule has 0 amide bonds. The number of nitrogens with zero attached hydrogens (tertiary/aromatic N) is 4. The molecule has 26 heavy (non-hydrogen) atoms. The average molecular weight is 349 g/mol. The van der Waals surface area contributed by atoms with Gasteiger partial charge in [0.05, 0.1) is 17.6 Å². The van der Waals surface area contributed by atoms with Gasteiger partial charge in [0.15, 0.2) is 0 Å². The summed E-state index contributed by atoms with van der Waals surface area (Å²) >= 11 is 0. The molecule has 0 bridgehead atoms. The molecule has 1 aromatic heterocycles. The normalized spacial score (nSPS) is 12.5. The first-order chi connectivity index (χ1) is 12.7. The highest BCUT2D eigenvalue weighted by molar-refractivity contribution is 5.28. The summed E-state index contributed by atoms with van der Waals surface area (Å²) in [5, 5.41) is 12.4. The van der Waals surface area contributed by atoms with Gasteiger partial charge in [-0.3, -0.25) is 0 Å². The van der Waals surface area contributed by atoms with Crippen molar-refractivity contribution in [2.24, 2.45) is 0 Å². The van der Waals surface area contributed by atoms with Crippen LogP contribution in [0, 0.1) is 0 Å². The monoisotopic (exact) mass is 349 g/mol. The van der Waals surface area contributed by atoms with Crippen LogP contribution < -0.4 is 5.32 Å². The van der Waals surface area contributed by atoms with Crippen LogP contribution in [0.15, 0.2) is 60.8 Å². The highest BCUT2D eigenvalue weighted by Crippen LogP contribution is 2.18. The maximum absolute atomic E-state index is 4.55. The molecule has 1 unspecified atom stereocenters. The number of aromatic nitrogens is 3. The summed E-state index contributed by atoms with van der Waals surface area (Å²) < 4.78 is 0. The van der Waals surface area contributed by atoms with E-state index >= 15 is 0 Å². The van der Waals surface area contributed by atoms with Crippen molar-refractivity contribution in [1.82, 2.24) is 25.2 Å². The van der Waals surface area contributed by atoms with Crippen molar-refractivity contribution in [3.63, 3.8) is 0 Å². The van der Waals surface area contributed by atoms with Crippen LogP contribution in [0.5, 0.6) is 0 Å². The molecule has 1 N–H and O–H groups in total. The minimum absolute atomic E-state index is 0.324. The van der Waals surface area contributed by atoms with E-state index in [0.29, 0.717) is 12.6 Å². The van der Waals surface area contributed by atoms with E-state index < -0.39 is 0 Å². The zero-order chi connectivity index (χ0) is 18.4. The second-order valence-electron chi connectivity index (χ2n) is 6.67. The minimum atomic E-state index is 0.324. The van der Waals surface area contributed by atoms with Gasteiger partial charge >= 0.3 is 0 Å². The third-order valence-corrected chi connectivity index (χ3v) is 4.57. The molecule has 1 atom stereocenters. The molecule has 5 heteroatoms. The molecule has 3 rings (SSSR count). The van der Waals surface area contributed by atoms with E-state index in [1.54, 1.807) is 4.80 Å². The molecule has 0 saturated heterocycles. The fraction of sp³-hybridized carbons (Fsp3) is 0.333. The standard InChI is InChI=1S/C21H27N5/c1-4-17-10-12-18(13-11-17)21(25(2)3)16-22-14-19-15-23-26(24-19)20-8-6-5-7-9-20/h5-13,15,21-22H,4,14,16H2,1-3H3. The van der Waals surface area contributed by atoms with Crippen molar-refractivity contribution >= 4 is 0 Å². The van der Waals surface area contributed by atoms with E-state index in [1.807, 2.05) is 36.5 Å². The predicted octanol–water partition coefficient (Wildman–Crippen LogP) is 3.22. The number of hydrogen-bond donors (Lipinski definition) is 1.